The number of urea groups is 1. The number of carboxylic acids is 1. The van der Waals surface area contributed by atoms with E-state index in [9.17, 15) is 18.0 Å². The lowest BCUT2D eigenvalue weighted by Crippen LogP contribution is -2.54. The third-order valence-corrected chi connectivity index (χ3v) is 6.13. The normalized spacial score (nSPS) is 25.0. The van der Waals surface area contributed by atoms with Crippen LogP contribution in [0.25, 0.3) is 0 Å². The van der Waals surface area contributed by atoms with Crippen LogP contribution in [0.1, 0.15) is 32.1 Å². The number of anilines is 1. The molecule has 0 aromatic carbocycles. The van der Waals surface area contributed by atoms with Crippen molar-refractivity contribution >= 4 is 17.9 Å². The van der Waals surface area contributed by atoms with Gasteiger partial charge in [-0.2, -0.15) is 13.2 Å². The van der Waals surface area contributed by atoms with Crippen LogP contribution < -0.4 is 5.32 Å². The maximum Gasteiger partial charge on any atom is 0.490 e. The Labute approximate surface area is 183 Å². The molecule has 3 aliphatic heterocycles. The van der Waals surface area contributed by atoms with Crippen LogP contribution in [0.3, 0.4) is 0 Å². The van der Waals surface area contributed by atoms with Gasteiger partial charge in [0.05, 0.1) is 6.10 Å². The maximum atomic E-state index is 12.8. The second kappa shape index (κ2) is 10.3. The molecule has 0 aliphatic carbocycles. The summed E-state index contributed by atoms with van der Waals surface area (Å²) in [5, 5.41) is 10.4. The third kappa shape index (κ3) is 5.99. The third-order valence-electron chi connectivity index (χ3n) is 6.13. The molecule has 1 aromatic rings. The number of likely N-dealkylation sites (tertiary alicyclic amines) is 2. The molecular weight excluding hydrogens is 431 g/mol. The molecule has 0 saturated carbocycles. The van der Waals surface area contributed by atoms with Crippen LogP contribution in [-0.4, -0.2) is 88.5 Å². The molecule has 0 unspecified atom stereocenters. The second-order valence-electron chi connectivity index (χ2n) is 8.21. The van der Waals surface area contributed by atoms with E-state index in [-0.39, 0.29) is 17.6 Å². The number of piperidine rings is 1. The van der Waals surface area contributed by atoms with Gasteiger partial charge < -0.3 is 25.0 Å². The minimum absolute atomic E-state index is 0.0649. The summed E-state index contributed by atoms with van der Waals surface area (Å²) < 4.78 is 37.7. The molecule has 0 spiro atoms. The van der Waals surface area contributed by atoms with Crippen LogP contribution in [0, 0.1) is 5.41 Å². The first-order valence-corrected chi connectivity index (χ1v) is 10.7. The fourth-order valence-electron chi connectivity index (χ4n) is 4.50. The standard InChI is InChI=1S/C18H27N5O2.C2HF3O2/c24-17(22-10-1-2-11-22)23-12-4-15-18(14-23,6-13-25-15)5-9-21-16-19-7-3-8-20-16;3-2(4,5)1(6)7/h3,7-8,15H,1-2,4-6,9-14H2,(H,19,20,21);(H,6,7)/t15-,18+;/m1./s1. The number of amides is 2. The van der Waals surface area contributed by atoms with Crippen LogP contribution >= 0.6 is 0 Å². The maximum absolute atomic E-state index is 12.8. The van der Waals surface area contributed by atoms with Crippen molar-refractivity contribution in [2.24, 2.45) is 5.41 Å². The zero-order valence-corrected chi connectivity index (χ0v) is 17.7. The van der Waals surface area contributed by atoms with E-state index in [0.717, 1.165) is 71.4 Å². The first-order chi connectivity index (χ1) is 15.2. The van der Waals surface area contributed by atoms with Gasteiger partial charge in [0.2, 0.25) is 5.95 Å². The molecule has 2 N–H and O–H groups in total. The lowest BCUT2D eigenvalue weighted by atomic mass is 9.74. The van der Waals surface area contributed by atoms with E-state index in [1.54, 1.807) is 12.4 Å². The van der Waals surface area contributed by atoms with Crippen molar-refractivity contribution in [3.05, 3.63) is 18.5 Å². The fraction of sp³-hybridized carbons (Fsp3) is 0.700. The van der Waals surface area contributed by atoms with Gasteiger partial charge in [0, 0.05) is 57.1 Å². The number of carbonyl (C=O) groups is 2. The second-order valence-corrected chi connectivity index (χ2v) is 8.21. The topological polar surface area (TPSA) is 108 Å². The summed E-state index contributed by atoms with van der Waals surface area (Å²) in [6.07, 6.45) is 3.89. The number of ether oxygens (including phenoxy) is 1. The fourth-order valence-corrected chi connectivity index (χ4v) is 4.50. The molecule has 3 saturated heterocycles. The monoisotopic (exact) mass is 459 g/mol. The van der Waals surface area contributed by atoms with Crippen LogP contribution in [0.2, 0.25) is 0 Å². The highest BCUT2D eigenvalue weighted by molar-refractivity contribution is 5.75. The summed E-state index contributed by atoms with van der Waals surface area (Å²) in [5.41, 5.74) is 0.0649. The molecule has 32 heavy (non-hydrogen) atoms. The predicted octanol–water partition coefficient (Wildman–Crippen LogP) is 2.61. The van der Waals surface area contributed by atoms with Crippen LogP contribution in [-0.2, 0) is 9.53 Å². The first-order valence-electron chi connectivity index (χ1n) is 10.7. The average Bonchev–Trinajstić information content (AvgIpc) is 3.43. The lowest BCUT2D eigenvalue weighted by Gasteiger charge is -2.44. The van der Waals surface area contributed by atoms with E-state index < -0.39 is 12.1 Å². The van der Waals surface area contributed by atoms with Crippen molar-refractivity contribution in [3.63, 3.8) is 0 Å². The number of hydrogen-bond donors (Lipinski definition) is 2. The number of rotatable bonds is 4. The summed E-state index contributed by atoms with van der Waals surface area (Å²) >= 11 is 0. The predicted molar refractivity (Wildman–Crippen MR) is 108 cm³/mol. The van der Waals surface area contributed by atoms with Crippen molar-refractivity contribution in [1.29, 1.82) is 0 Å². The van der Waals surface area contributed by atoms with Gasteiger partial charge in [-0.1, -0.05) is 0 Å². The SMILES string of the molecule is O=C(N1CCCC1)N1CC[C@H]2OCC[C@@]2(CCNc2ncccn2)C1.O=C(O)C(F)(F)F. The lowest BCUT2D eigenvalue weighted by molar-refractivity contribution is -0.192. The highest BCUT2D eigenvalue weighted by atomic mass is 19.4. The summed E-state index contributed by atoms with van der Waals surface area (Å²) in [4.78, 5) is 34.2. The minimum atomic E-state index is -5.08. The Morgan fingerprint density at radius 3 is 2.47 bits per heavy atom. The summed E-state index contributed by atoms with van der Waals surface area (Å²) in [6, 6.07) is 2.04. The van der Waals surface area contributed by atoms with Crippen LogP contribution in [0.15, 0.2) is 18.5 Å². The Bertz CT molecular complexity index is 776. The number of carboxylic acid groups (broad SMARTS) is 1. The van der Waals surface area contributed by atoms with Gasteiger partial charge in [-0.25, -0.2) is 19.6 Å². The number of carbonyl (C=O) groups excluding carboxylic acids is 1. The zero-order chi connectivity index (χ0) is 23.2. The van der Waals surface area contributed by atoms with Gasteiger partial charge in [0.1, 0.15) is 0 Å². The van der Waals surface area contributed by atoms with Gasteiger partial charge in [0.25, 0.3) is 0 Å². The molecule has 4 heterocycles. The molecule has 12 heteroatoms. The number of aromatic nitrogens is 2. The quantitative estimate of drug-likeness (QED) is 0.713. The molecule has 4 rings (SSSR count). The van der Waals surface area contributed by atoms with E-state index in [2.05, 4.69) is 20.2 Å². The van der Waals surface area contributed by atoms with E-state index in [1.165, 1.54) is 0 Å². The van der Waals surface area contributed by atoms with Crippen molar-refractivity contribution in [2.45, 2.75) is 44.4 Å². The van der Waals surface area contributed by atoms with Gasteiger partial charge in [-0.05, 0) is 38.2 Å². The van der Waals surface area contributed by atoms with E-state index >= 15 is 0 Å². The van der Waals surface area contributed by atoms with Gasteiger partial charge in [-0.3, -0.25) is 0 Å². The van der Waals surface area contributed by atoms with Crippen molar-refractivity contribution in [3.8, 4) is 0 Å². The molecule has 3 fully saturated rings. The van der Waals surface area contributed by atoms with E-state index in [4.69, 9.17) is 14.6 Å². The van der Waals surface area contributed by atoms with Crippen LogP contribution in [0.4, 0.5) is 23.9 Å². The van der Waals surface area contributed by atoms with E-state index in [0.29, 0.717) is 5.95 Å². The van der Waals surface area contributed by atoms with Crippen molar-refractivity contribution in [1.82, 2.24) is 19.8 Å². The Balaban J connectivity index is 0.000000360. The molecule has 0 radical (unpaired) electrons. The molecule has 2 amide bonds. The smallest absolute Gasteiger partial charge is 0.475 e. The molecule has 2 atom stereocenters. The largest absolute Gasteiger partial charge is 0.490 e. The number of nitrogens with one attached hydrogen (secondary N) is 1. The highest BCUT2D eigenvalue weighted by Gasteiger charge is 2.48. The number of aliphatic carboxylic acids is 1. The molecule has 178 valence electrons. The molecule has 0 bridgehead atoms. The summed E-state index contributed by atoms with van der Waals surface area (Å²) in [6.45, 7) is 5.06. The molecule has 3 aliphatic rings. The van der Waals surface area contributed by atoms with Gasteiger partial charge in [-0.15, -0.1) is 0 Å². The Morgan fingerprint density at radius 2 is 1.84 bits per heavy atom. The molecular formula is C20H28F3N5O4. The average molecular weight is 459 g/mol. The number of halogens is 3. The number of nitrogens with zero attached hydrogens (tertiary/aromatic N) is 4. The Morgan fingerprint density at radius 1 is 1.19 bits per heavy atom. The van der Waals surface area contributed by atoms with Gasteiger partial charge >= 0.3 is 18.2 Å². The number of hydrogen-bond acceptors (Lipinski definition) is 6. The number of alkyl halides is 3. The zero-order valence-electron chi connectivity index (χ0n) is 17.7. The molecule has 1 aromatic heterocycles. The van der Waals surface area contributed by atoms with Gasteiger partial charge in [0.15, 0.2) is 0 Å². The van der Waals surface area contributed by atoms with Crippen LogP contribution in [0.5, 0.6) is 0 Å². The highest BCUT2D eigenvalue weighted by Crippen LogP contribution is 2.43. The van der Waals surface area contributed by atoms with E-state index in [1.807, 2.05) is 11.0 Å². The summed E-state index contributed by atoms with van der Waals surface area (Å²) in [5.74, 6) is -2.09. The van der Waals surface area contributed by atoms with Crippen molar-refractivity contribution < 1.29 is 32.6 Å². The minimum Gasteiger partial charge on any atom is -0.475 e. The number of fused-ring (bicyclic) bond motifs is 1. The molecule has 9 nitrogen and oxygen atoms in total. The Hall–Kier alpha value is -2.63. The first kappa shape index (κ1) is 24.0. The summed E-state index contributed by atoms with van der Waals surface area (Å²) in [7, 11) is 0. The Kier molecular flexibility index (Phi) is 7.75. The van der Waals surface area contributed by atoms with Crippen molar-refractivity contribution in [2.75, 3.05) is 44.6 Å².